The maximum absolute atomic E-state index is 10.3. The fourth-order valence-electron chi connectivity index (χ4n) is 2.54. The van der Waals surface area contributed by atoms with E-state index in [2.05, 4.69) is 13.8 Å². The third-order valence-electron chi connectivity index (χ3n) is 3.83. The molecule has 1 saturated carbocycles. The van der Waals surface area contributed by atoms with Crippen LogP contribution in [-0.4, -0.2) is 17.3 Å². The zero-order valence-electron chi connectivity index (χ0n) is 10.9. The van der Waals surface area contributed by atoms with Crippen LogP contribution < -0.4 is 4.74 Å². The molecule has 0 aliphatic heterocycles. The molecule has 1 N–H and O–H groups in total. The average molecular weight is 234 g/mol. The first-order chi connectivity index (χ1) is 8.00. The quantitative estimate of drug-likeness (QED) is 0.850. The van der Waals surface area contributed by atoms with E-state index in [1.54, 1.807) is 0 Å². The van der Waals surface area contributed by atoms with Crippen molar-refractivity contribution in [2.45, 2.75) is 52.2 Å². The van der Waals surface area contributed by atoms with Gasteiger partial charge < -0.3 is 9.84 Å². The zero-order chi connectivity index (χ0) is 12.5. The van der Waals surface area contributed by atoms with Crippen LogP contribution >= 0.6 is 0 Å². The molecule has 2 atom stereocenters. The molecule has 0 heterocycles. The number of hydrogen-bond acceptors (Lipinski definition) is 2. The van der Waals surface area contributed by atoms with Crippen LogP contribution in [0.2, 0.25) is 0 Å². The van der Waals surface area contributed by atoms with Crippen LogP contribution in [0.3, 0.4) is 0 Å². The van der Waals surface area contributed by atoms with Crippen molar-refractivity contribution in [3.05, 3.63) is 29.8 Å². The first-order valence-electron chi connectivity index (χ1n) is 6.41. The topological polar surface area (TPSA) is 29.5 Å². The predicted molar refractivity (Wildman–Crippen MR) is 69.2 cm³/mol. The highest BCUT2D eigenvalue weighted by atomic mass is 16.5. The third kappa shape index (κ3) is 2.63. The van der Waals surface area contributed by atoms with Gasteiger partial charge in [-0.1, -0.05) is 32.0 Å². The van der Waals surface area contributed by atoms with Gasteiger partial charge in [0, 0.05) is 0 Å². The van der Waals surface area contributed by atoms with Gasteiger partial charge in [0.25, 0.3) is 0 Å². The number of para-hydroxylation sites is 1. The van der Waals surface area contributed by atoms with Crippen molar-refractivity contribution < 1.29 is 9.84 Å². The van der Waals surface area contributed by atoms with Crippen molar-refractivity contribution in [2.75, 3.05) is 0 Å². The molecule has 17 heavy (non-hydrogen) atoms. The summed E-state index contributed by atoms with van der Waals surface area (Å²) in [4.78, 5) is 0. The van der Waals surface area contributed by atoms with E-state index in [1.807, 2.05) is 31.2 Å². The molecule has 1 aliphatic rings. The van der Waals surface area contributed by atoms with Crippen molar-refractivity contribution in [2.24, 2.45) is 5.41 Å². The number of rotatable bonds is 2. The highest BCUT2D eigenvalue weighted by Gasteiger charge is 2.39. The monoisotopic (exact) mass is 234 g/mol. The smallest absolute Gasteiger partial charge is 0.125 e. The summed E-state index contributed by atoms with van der Waals surface area (Å²) in [6, 6.07) is 7.99. The molecule has 2 heteroatoms. The normalized spacial score (nSPS) is 27.8. The molecule has 0 bridgehead atoms. The van der Waals surface area contributed by atoms with Crippen molar-refractivity contribution in [1.29, 1.82) is 0 Å². The number of ether oxygens (including phenoxy) is 1. The largest absolute Gasteiger partial charge is 0.487 e. The summed E-state index contributed by atoms with van der Waals surface area (Å²) in [5.41, 5.74) is 1.09. The molecular formula is C15H22O2. The third-order valence-corrected chi connectivity index (χ3v) is 3.83. The van der Waals surface area contributed by atoms with Gasteiger partial charge in [-0.2, -0.15) is 0 Å². The van der Waals surface area contributed by atoms with Crippen molar-refractivity contribution >= 4 is 0 Å². The van der Waals surface area contributed by atoms with Gasteiger partial charge in [-0.15, -0.1) is 0 Å². The lowest BCUT2D eigenvalue weighted by Crippen LogP contribution is -2.46. The van der Waals surface area contributed by atoms with Gasteiger partial charge in [0.05, 0.1) is 6.10 Å². The summed E-state index contributed by atoms with van der Waals surface area (Å²) in [7, 11) is 0. The van der Waals surface area contributed by atoms with E-state index in [9.17, 15) is 5.11 Å². The van der Waals surface area contributed by atoms with E-state index >= 15 is 0 Å². The van der Waals surface area contributed by atoms with E-state index in [4.69, 9.17) is 4.74 Å². The van der Waals surface area contributed by atoms with Gasteiger partial charge in [0.1, 0.15) is 11.9 Å². The number of aliphatic hydroxyl groups is 1. The minimum atomic E-state index is -0.379. The summed E-state index contributed by atoms with van der Waals surface area (Å²) < 4.78 is 5.98. The maximum atomic E-state index is 10.3. The molecule has 2 rings (SSSR count). The van der Waals surface area contributed by atoms with Gasteiger partial charge >= 0.3 is 0 Å². The molecule has 0 spiro atoms. The average Bonchev–Trinajstić information content (AvgIpc) is 2.28. The van der Waals surface area contributed by atoms with Crippen LogP contribution in [0, 0.1) is 12.3 Å². The minimum absolute atomic E-state index is 0.0361. The second kappa shape index (κ2) is 4.69. The van der Waals surface area contributed by atoms with E-state index in [1.165, 1.54) is 0 Å². The Kier molecular flexibility index (Phi) is 3.43. The van der Waals surface area contributed by atoms with Gasteiger partial charge in [0.15, 0.2) is 0 Å². The van der Waals surface area contributed by atoms with E-state index in [0.29, 0.717) is 0 Å². The maximum Gasteiger partial charge on any atom is 0.125 e. The Morgan fingerprint density at radius 2 is 2.00 bits per heavy atom. The zero-order valence-corrected chi connectivity index (χ0v) is 10.9. The number of aryl methyl sites for hydroxylation is 1. The van der Waals surface area contributed by atoms with Crippen LogP contribution in [0.15, 0.2) is 24.3 Å². The summed E-state index contributed by atoms with van der Waals surface area (Å²) >= 11 is 0. The Hall–Kier alpha value is -1.02. The summed E-state index contributed by atoms with van der Waals surface area (Å²) in [6.45, 7) is 6.27. The lowest BCUT2D eigenvalue weighted by Gasteiger charge is -2.40. The van der Waals surface area contributed by atoms with Crippen molar-refractivity contribution in [3.63, 3.8) is 0 Å². The Bertz CT molecular complexity index is 384. The molecule has 2 unspecified atom stereocenters. The lowest BCUT2D eigenvalue weighted by molar-refractivity contribution is -0.0691. The van der Waals surface area contributed by atoms with E-state index < -0.39 is 0 Å². The molecule has 1 fully saturated rings. The van der Waals surface area contributed by atoms with Gasteiger partial charge in [0.2, 0.25) is 0 Å². The second-order valence-electron chi connectivity index (χ2n) is 5.75. The molecule has 2 nitrogen and oxygen atoms in total. The van der Waals surface area contributed by atoms with Crippen LogP contribution in [0.5, 0.6) is 5.75 Å². The molecule has 0 aromatic heterocycles. The fraction of sp³-hybridized carbons (Fsp3) is 0.600. The lowest BCUT2D eigenvalue weighted by atomic mass is 9.73. The van der Waals surface area contributed by atoms with Crippen molar-refractivity contribution in [1.82, 2.24) is 0 Å². The predicted octanol–water partition coefficient (Wildman–Crippen LogP) is 3.31. The van der Waals surface area contributed by atoms with Crippen molar-refractivity contribution in [3.8, 4) is 5.75 Å². The van der Waals surface area contributed by atoms with E-state index in [-0.39, 0.29) is 17.6 Å². The van der Waals surface area contributed by atoms with Gasteiger partial charge in [-0.05, 0) is 43.2 Å². The molecule has 0 radical (unpaired) electrons. The number of benzene rings is 1. The Morgan fingerprint density at radius 3 is 2.71 bits per heavy atom. The van der Waals surface area contributed by atoms with Gasteiger partial charge in [-0.25, -0.2) is 0 Å². The minimum Gasteiger partial charge on any atom is -0.487 e. The van der Waals surface area contributed by atoms with Crippen LogP contribution in [0.1, 0.15) is 38.7 Å². The molecule has 0 amide bonds. The molecule has 94 valence electrons. The standard InChI is InChI=1S/C15H22O2/c1-11-7-4-5-8-12(11)17-13-9-6-10-15(2,3)14(13)16/h4-5,7-8,13-14,16H,6,9-10H2,1-3H3. The summed E-state index contributed by atoms with van der Waals surface area (Å²) in [5.74, 6) is 0.897. The number of hydrogen-bond donors (Lipinski definition) is 1. The second-order valence-corrected chi connectivity index (χ2v) is 5.75. The molecule has 1 aromatic carbocycles. The Morgan fingerprint density at radius 1 is 1.29 bits per heavy atom. The van der Waals surface area contributed by atoms with E-state index in [0.717, 1.165) is 30.6 Å². The van der Waals surface area contributed by atoms with Crippen LogP contribution in [-0.2, 0) is 0 Å². The highest BCUT2D eigenvalue weighted by molar-refractivity contribution is 5.32. The number of aliphatic hydroxyl groups excluding tert-OH is 1. The van der Waals surface area contributed by atoms with Crippen LogP contribution in [0.4, 0.5) is 0 Å². The molecular weight excluding hydrogens is 212 g/mol. The molecule has 0 saturated heterocycles. The summed E-state index contributed by atoms with van der Waals surface area (Å²) in [5, 5.41) is 10.3. The first kappa shape index (κ1) is 12.4. The summed E-state index contributed by atoms with van der Waals surface area (Å²) in [6.07, 6.45) is 2.69. The fourth-order valence-corrected chi connectivity index (χ4v) is 2.54. The molecule has 1 aliphatic carbocycles. The Balaban J connectivity index is 2.11. The highest BCUT2D eigenvalue weighted by Crippen LogP contribution is 2.37. The van der Waals surface area contributed by atoms with Crippen LogP contribution in [0.25, 0.3) is 0 Å². The van der Waals surface area contributed by atoms with Gasteiger partial charge in [-0.3, -0.25) is 0 Å². The first-order valence-corrected chi connectivity index (χ1v) is 6.41. The SMILES string of the molecule is Cc1ccccc1OC1CCCC(C)(C)C1O. The molecule has 1 aromatic rings. The Labute approximate surface area is 104 Å².